The monoisotopic (exact) mass is 322 g/mol. The minimum atomic E-state index is -0.121. The van der Waals surface area contributed by atoms with Gasteiger partial charge in [-0.2, -0.15) is 0 Å². The second-order valence-electron chi connectivity index (χ2n) is 6.27. The fraction of sp³-hybridized carbons (Fsp3) is 0.300. The second-order valence-corrected chi connectivity index (χ2v) is 6.27. The highest BCUT2D eigenvalue weighted by atomic mass is 16.2. The Morgan fingerprint density at radius 2 is 1.71 bits per heavy atom. The highest BCUT2D eigenvalue weighted by molar-refractivity contribution is 5.97. The van der Waals surface area contributed by atoms with Crippen molar-refractivity contribution in [1.82, 2.24) is 4.90 Å². The minimum absolute atomic E-state index is 0.0136. The van der Waals surface area contributed by atoms with Crippen molar-refractivity contribution in [2.75, 3.05) is 18.0 Å². The van der Waals surface area contributed by atoms with Gasteiger partial charge in [0.1, 0.15) is 6.54 Å². The zero-order valence-corrected chi connectivity index (χ0v) is 14.2. The number of hydrogen-bond acceptors (Lipinski definition) is 2. The Kier molecular flexibility index (Phi) is 4.65. The first-order chi connectivity index (χ1) is 11.5. The van der Waals surface area contributed by atoms with Gasteiger partial charge >= 0.3 is 0 Å². The summed E-state index contributed by atoms with van der Waals surface area (Å²) in [5, 5.41) is 0. The zero-order chi connectivity index (χ0) is 17.1. The molecule has 3 rings (SSSR count). The van der Waals surface area contributed by atoms with Crippen molar-refractivity contribution in [3.63, 3.8) is 0 Å². The van der Waals surface area contributed by atoms with E-state index in [2.05, 4.69) is 12.1 Å². The van der Waals surface area contributed by atoms with Gasteiger partial charge in [-0.25, -0.2) is 0 Å². The van der Waals surface area contributed by atoms with Gasteiger partial charge in [-0.1, -0.05) is 42.0 Å². The third kappa shape index (κ3) is 3.48. The molecule has 1 aliphatic rings. The molecule has 124 valence electrons. The highest BCUT2D eigenvalue weighted by Gasteiger charge is 2.23. The molecule has 0 atom stereocenters. The lowest BCUT2D eigenvalue weighted by Gasteiger charge is -2.31. The Morgan fingerprint density at radius 3 is 2.38 bits per heavy atom. The van der Waals surface area contributed by atoms with Crippen LogP contribution in [0.3, 0.4) is 0 Å². The molecule has 0 bridgehead atoms. The van der Waals surface area contributed by atoms with E-state index in [1.54, 1.807) is 4.90 Å². The van der Waals surface area contributed by atoms with Gasteiger partial charge in [0.05, 0.1) is 0 Å². The fourth-order valence-corrected chi connectivity index (χ4v) is 3.05. The molecule has 1 heterocycles. The van der Waals surface area contributed by atoms with Gasteiger partial charge in [-0.05, 0) is 36.6 Å². The third-order valence-corrected chi connectivity index (χ3v) is 4.50. The standard InChI is InChI=1S/C20H22N2O2/c1-15-7-9-19(10-8-15)22(16(2)23)14-20(24)21-12-11-17-5-3-4-6-18(17)13-21/h3-10H,11-14H2,1-2H3. The topological polar surface area (TPSA) is 40.6 Å². The Hall–Kier alpha value is -2.62. The average molecular weight is 322 g/mol. The molecule has 0 fully saturated rings. The summed E-state index contributed by atoms with van der Waals surface area (Å²) in [4.78, 5) is 28.1. The molecule has 0 N–H and O–H groups in total. The Morgan fingerprint density at radius 1 is 1.04 bits per heavy atom. The van der Waals surface area contributed by atoms with Crippen LogP contribution in [-0.4, -0.2) is 29.8 Å². The largest absolute Gasteiger partial charge is 0.336 e. The molecule has 0 aliphatic carbocycles. The number of amides is 2. The van der Waals surface area contributed by atoms with E-state index in [-0.39, 0.29) is 18.4 Å². The lowest BCUT2D eigenvalue weighted by Crippen LogP contribution is -2.44. The maximum atomic E-state index is 12.7. The second kappa shape index (κ2) is 6.87. The van der Waals surface area contributed by atoms with Crippen LogP contribution < -0.4 is 4.90 Å². The number of nitrogens with zero attached hydrogens (tertiary/aromatic N) is 2. The first-order valence-corrected chi connectivity index (χ1v) is 8.24. The van der Waals surface area contributed by atoms with E-state index in [1.165, 1.54) is 18.1 Å². The molecule has 0 aromatic heterocycles. The molecule has 2 amide bonds. The first kappa shape index (κ1) is 16.2. The number of anilines is 1. The molecule has 2 aromatic rings. The summed E-state index contributed by atoms with van der Waals surface area (Å²) < 4.78 is 0. The van der Waals surface area contributed by atoms with Crippen molar-refractivity contribution in [3.05, 3.63) is 65.2 Å². The van der Waals surface area contributed by atoms with Crippen molar-refractivity contribution < 1.29 is 9.59 Å². The van der Waals surface area contributed by atoms with Crippen LogP contribution in [-0.2, 0) is 22.6 Å². The van der Waals surface area contributed by atoms with E-state index < -0.39 is 0 Å². The molecule has 0 unspecified atom stereocenters. The minimum Gasteiger partial charge on any atom is -0.336 e. The highest BCUT2D eigenvalue weighted by Crippen LogP contribution is 2.20. The Bertz CT molecular complexity index is 752. The number of hydrogen-bond donors (Lipinski definition) is 0. The number of carbonyl (C=O) groups excluding carboxylic acids is 2. The molecular weight excluding hydrogens is 300 g/mol. The molecule has 0 radical (unpaired) electrons. The quantitative estimate of drug-likeness (QED) is 0.872. The third-order valence-electron chi connectivity index (χ3n) is 4.50. The van der Waals surface area contributed by atoms with Crippen LogP contribution in [0.4, 0.5) is 5.69 Å². The molecule has 4 heteroatoms. The molecular formula is C20H22N2O2. The van der Waals surface area contributed by atoms with Crippen LogP contribution in [0.2, 0.25) is 0 Å². The number of aryl methyl sites for hydroxylation is 1. The summed E-state index contributed by atoms with van der Waals surface area (Å²) in [5.41, 5.74) is 4.39. The van der Waals surface area contributed by atoms with Crippen molar-refractivity contribution in [2.24, 2.45) is 0 Å². The summed E-state index contributed by atoms with van der Waals surface area (Å²) >= 11 is 0. The Balaban J connectivity index is 1.73. The van der Waals surface area contributed by atoms with Crippen molar-refractivity contribution in [3.8, 4) is 0 Å². The predicted molar refractivity (Wildman–Crippen MR) is 94.8 cm³/mol. The van der Waals surface area contributed by atoms with E-state index in [1.807, 2.05) is 48.2 Å². The summed E-state index contributed by atoms with van der Waals surface area (Å²) in [5.74, 6) is -0.134. The maximum Gasteiger partial charge on any atom is 0.242 e. The van der Waals surface area contributed by atoms with Gasteiger partial charge in [0, 0.05) is 25.7 Å². The van der Waals surface area contributed by atoms with Crippen LogP contribution in [0.15, 0.2) is 48.5 Å². The van der Waals surface area contributed by atoms with Crippen molar-refractivity contribution in [2.45, 2.75) is 26.8 Å². The Labute approximate surface area is 142 Å². The van der Waals surface area contributed by atoms with E-state index in [0.717, 1.165) is 17.7 Å². The summed E-state index contributed by atoms with van der Waals surface area (Å²) in [6, 6.07) is 15.9. The van der Waals surface area contributed by atoms with E-state index in [0.29, 0.717) is 13.1 Å². The smallest absolute Gasteiger partial charge is 0.242 e. The molecule has 2 aromatic carbocycles. The lowest BCUT2D eigenvalue weighted by atomic mass is 10.00. The molecule has 0 spiro atoms. The summed E-state index contributed by atoms with van der Waals surface area (Å²) in [6.07, 6.45) is 0.868. The summed E-state index contributed by atoms with van der Waals surface area (Å²) in [6.45, 7) is 4.90. The van der Waals surface area contributed by atoms with Crippen molar-refractivity contribution >= 4 is 17.5 Å². The number of rotatable bonds is 3. The van der Waals surface area contributed by atoms with Gasteiger partial charge in [0.15, 0.2) is 0 Å². The average Bonchev–Trinajstić information content (AvgIpc) is 2.59. The molecule has 1 aliphatic heterocycles. The maximum absolute atomic E-state index is 12.7. The SMILES string of the molecule is CC(=O)N(CC(=O)N1CCc2ccccc2C1)c1ccc(C)cc1. The fourth-order valence-electron chi connectivity index (χ4n) is 3.05. The van der Waals surface area contributed by atoms with Gasteiger partial charge in [-0.15, -0.1) is 0 Å². The number of carbonyl (C=O) groups is 2. The van der Waals surface area contributed by atoms with Crippen LogP contribution >= 0.6 is 0 Å². The normalized spacial score (nSPS) is 13.3. The van der Waals surface area contributed by atoms with Crippen LogP contribution in [0.5, 0.6) is 0 Å². The lowest BCUT2D eigenvalue weighted by molar-refractivity contribution is -0.132. The van der Waals surface area contributed by atoms with Crippen molar-refractivity contribution in [1.29, 1.82) is 0 Å². The van der Waals surface area contributed by atoms with E-state index in [4.69, 9.17) is 0 Å². The number of fused-ring (bicyclic) bond motifs is 1. The van der Waals surface area contributed by atoms with Crippen LogP contribution in [0, 0.1) is 6.92 Å². The predicted octanol–water partition coefficient (Wildman–Crippen LogP) is 2.93. The van der Waals surface area contributed by atoms with Gasteiger partial charge in [-0.3, -0.25) is 9.59 Å². The van der Waals surface area contributed by atoms with Gasteiger partial charge < -0.3 is 9.80 Å². The van der Waals surface area contributed by atoms with Gasteiger partial charge in [0.2, 0.25) is 11.8 Å². The van der Waals surface area contributed by atoms with E-state index in [9.17, 15) is 9.59 Å². The molecule has 0 saturated carbocycles. The molecule has 24 heavy (non-hydrogen) atoms. The zero-order valence-electron chi connectivity index (χ0n) is 14.2. The molecule has 4 nitrogen and oxygen atoms in total. The molecule has 0 saturated heterocycles. The summed E-state index contributed by atoms with van der Waals surface area (Å²) in [7, 11) is 0. The van der Waals surface area contributed by atoms with Crippen LogP contribution in [0.25, 0.3) is 0 Å². The number of benzene rings is 2. The van der Waals surface area contributed by atoms with E-state index >= 15 is 0 Å². The first-order valence-electron chi connectivity index (χ1n) is 8.24. The van der Waals surface area contributed by atoms with Crippen LogP contribution in [0.1, 0.15) is 23.6 Å². The van der Waals surface area contributed by atoms with Gasteiger partial charge in [0.25, 0.3) is 0 Å².